The van der Waals surface area contributed by atoms with Gasteiger partial charge in [0.2, 0.25) is 5.95 Å². The average Bonchev–Trinajstić information content (AvgIpc) is 2.78. The van der Waals surface area contributed by atoms with Crippen LogP contribution in [-0.2, 0) is 6.42 Å². The Morgan fingerprint density at radius 1 is 1.42 bits per heavy atom. The van der Waals surface area contributed by atoms with E-state index in [2.05, 4.69) is 29.1 Å². The molecule has 0 radical (unpaired) electrons. The number of methoxy groups -OCH3 is 1. The van der Waals surface area contributed by atoms with E-state index in [-0.39, 0.29) is 6.04 Å². The SMILES string of the molecule is COc1ccc(C)cc1C1CCCc2nc(N)nn21. The number of rotatable bonds is 2. The van der Waals surface area contributed by atoms with E-state index in [1.807, 2.05) is 10.7 Å². The number of hydrogen-bond donors (Lipinski definition) is 1. The van der Waals surface area contributed by atoms with E-state index < -0.39 is 0 Å². The van der Waals surface area contributed by atoms with Crippen LogP contribution >= 0.6 is 0 Å². The van der Waals surface area contributed by atoms with Gasteiger partial charge < -0.3 is 10.5 Å². The molecule has 2 N–H and O–H groups in total. The number of ether oxygens (including phenoxy) is 1. The third kappa shape index (κ3) is 2.05. The number of nitrogens with two attached hydrogens (primary N) is 1. The van der Waals surface area contributed by atoms with Crippen LogP contribution < -0.4 is 10.5 Å². The van der Waals surface area contributed by atoms with Crippen LogP contribution in [0, 0.1) is 6.92 Å². The summed E-state index contributed by atoms with van der Waals surface area (Å²) in [4.78, 5) is 4.29. The summed E-state index contributed by atoms with van der Waals surface area (Å²) < 4.78 is 7.44. The fourth-order valence-corrected chi connectivity index (χ4v) is 2.77. The van der Waals surface area contributed by atoms with E-state index in [1.165, 1.54) is 5.56 Å². The monoisotopic (exact) mass is 258 g/mol. The minimum atomic E-state index is 0.170. The maximum atomic E-state index is 5.72. The number of anilines is 1. The maximum Gasteiger partial charge on any atom is 0.239 e. The Morgan fingerprint density at radius 3 is 3.05 bits per heavy atom. The Kier molecular flexibility index (Phi) is 2.89. The van der Waals surface area contributed by atoms with Crippen molar-refractivity contribution in [1.29, 1.82) is 0 Å². The lowest BCUT2D eigenvalue weighted by molar-refractivity contribution is 0.372. The molecule has 0 aliphatic carbocycles. The highest BCUT2D eigenvalue weighted by Crippen LogP contribution is 2.35. The van der Waals surface area contributed by atoms with Crippen molar-refractivity contribution in [3.8, 4) is 5.75 Å². The minimum absolute atomic E-state index is 0.170. The number of aryl methyl sites for hydroxylation is 2. The first-order valence-corrected chi connectivity index (χ1v) is 6.54. The minimum Gasteiger partial charge on any atom is -0.496 e. The summed E-state index contributed by atoms with van der Waals surface area (Å²) in [6.07, 6.45) is 3.07. The number of hydrogen-bond acceptors (Lipinski definition) is 4. The number of nitrogen functional groups attached to an aromatic ring is 1. The van der Waals surface area contributed by atoms with Crippen LogP contribution in [0.3, 0.4) is 0 Å². The van der Waals surface area contributed by atoms with E-state index in [4.69, 9.17) is 10.5 Å². The summed E-state index contributed by atoms with van der Waals surface area (Å²) in [5.41, 5.74) is 8.10. The largest absolute Gasteiger partial charge is 0.496 e. The summed E-state index contributed by atoms with van der Waals surface area (Å²) in [6, 6.07) is 6.40. The highest BCUT2D eigenvalue weighted by atomic mass is 16.5. The van der Waals surface area contributed by atoms with Gasteiger partial charge in [-0.15, -0.1) is 5.10 Å². The van der Waals surface area contributed by atoms with Crippen molar-refractivity contribution in [3.63, 3.8) is 0 Å². The summed E-state index contributed by atoms with van der Waals surface area (Å²) in [5, 5.41) is 4.34. The molecule has 2 aromatic rings. The molecule has 2 heterocycles. The predicted molar refractivity (Wildman–Crippen MR) is 73.2 cm³/mol. The lowest BCUT2D eigenvalue weighted by Gasteiger charge is -2.25. The second-order valence-electron chi connectivity index (χ2n) is 4.98. The molecule has 1 aliphatic heterocycles. The van der Waals surface area contributed by atoms with Crippen molar-refractivity contribution < 1.29 is 4.74 Å². The van der Waals surface area contributed by atoms with Gasteiger partial charge in [0.1, 0.15) is 11.6 Å². The summed E-state index contributed by atoms with van der Waals surface area (Å²) >= 11 is 0. The van der Waals surface area contributed by atoms with Gasteiger partial charge in [-0.25, -0.2) is 4.68 Å². The van der Waals surface area contributed by atoms with Crippen molar-refractivity contribution in [2.75, 3.05) is 12.8 Å². The van der Waals surface area contributed by atoms with Crippen LogP contribution in [-0.4, -0.2) is 21.9 Å². The molecule has 0 saturated carbocycles. The number of benzene rings is 1. The molecule has 0 fully saturated rings. The van der Waals surface area contributed by atoms with Crippen molar-refractivity contribution in [2.24, 2.45) is 0 Å². The summed E-state index contributed by atoms with van der Waals surface area (Å²) in [6.45, 7) is 2.09. The molecule has 1 aliphatic rings. The van der Waals surface area contributed by atoms with Gasteiger partial charge in [-0.1, -0.05) is 17.7 Å². The third-order valence-electron chi connectivity index (χ3n) is 3.64. The molecule has 0 spiro atoms. The van der Waals surface area contributed by atoms with E-state index in [9.17, 15) is 0 Å². The second kappa shape index (κ2) is 4.57. The first-order chi connectivity index (χ1) is 9.19. The molecule has 1 aromatic heterocycles. The number of aromatic nitrogens is 3. The fraction of sp³-hybridized carbons (Fsp3) is 0.429. The zero-order valence-electron chi connectivity index (χ0n) is 11.3. The van der Waals surface area contributed by atoms with Gasteiger partial charge in [-0.05, 0) is 25.8 Å². The van der Waals surface area contributed by atoms with Crippen molar-refractivity contribution >= 4 is 5.95 Å². The van der Waals surface area contributed by atoms with E-state index >= 15 is 0 Å². The average molecular weight is 258 g/mol. The molecular formula is C14H18N4O. The summed E-state index contributed by atoms with van der Waals surface area (Å²) in [5.74, 6) is 2.23. The molecule has 5 heteroatoms. The van der Waals surface area contributed by atoms with Gasteiger partial charge in [-0.2, -0.15) is 4.98 Å². The lowest BCUT2D eigenvalue weighted by atomic mass is 9.95. The number of nitrogens with zero attached hydrogens (tertiary/aromatic N) is 3. The van der Waals surface area contributed by atoms with Gasteiger partial charge in [0.15, 0.2) is 0 Å². The van der Waals surface area contributed by atoms with Crippen LogP contribution in [0.4, 0.5) is 5.95 Å². The van der Waals surface area contributed by atoms with Gasteiger partial charge in [0.05, 0.1) is 13.2 Å². The van der Waals surface area contributed by atoms with Gasteiger partial charge in [0, 0.05) is 12.0 Å². The fourth-order valence-electron chi connectivity index (χ4n) is 2.77. The van der Waals surface area contributed by atoms with Crippen molar-refractivity contribution in [1.82, 2.24) is 14.8 Å². The first kappa shape index (κ1) is 12.0. The second-order valence-corrected chi connectivity index (χ2v) is 4.98. The van der Waals surface area contributed by atoms with Crippen molar-refractivity contribution in [2.45, 2.75) is 32.2 Å². The van der Waals surface area contributed by atoms with Crippen LogP contribution in [0.25, 0.3) is 0 Å². The van der Waals surface area contributed by atoms with Gasteiger partial charge >= 0.3 is 0 Å². The molecular weight excluding hydrogens is 240 g/mol. The third-order valence-corrected chi connectivity index (χ3v) is 3.64. The molecule has 0 bridgehead atoms. The Labute approximate surface area is 112 Å². The topological polar surface area (TPSA) is 66.0 Å². The van der Waals surface area contributed by atoms with E-state index in [0.717, 1.165) is 36.4 Å². The maximum absolute atomic E-state index is 5.72. The highest BCUT2D eigenvalue weighted by Gasteiger charge is 2.26. The van der Waals surface area contributed by atoms with Crippen molar-refractivity contribution in [3.05, 3.63) is 35.2 Å². The Morgan fingerprint density at radius 2 is 2.26 bits per heavy atom. The standard InChI is InChI=1S/C14H18N4O/c1-9-6-7-12(19-2)10(8-9)11-4-3-5-13-16-14(15)17-18(11)13/h6-8,11H,3-5H2,1-2H3,(H2,15,17). The van der Waals surface area contributed by atoms with Gasteiger partial charge in [-0.3, -0.25) is 0 Å². The Balaban J connectivity index is 2.10. The molecule has 1 aromatic carbocycles. The quantitative estimate of drug-likeness (QED) is 0.895. The molecule has 0 amide bonds. The smallest absolute Gasteiger partial charge is 0.239 e. The van der Waals surface area contributed by atoms with Crippen LogP contribution in [0.15, 0.2) is 18.2 Å². The Hall–Kier alpha value is -2.04. The van der Waals surface area contributed by atoms with Crippen LogP contribution in [0.5, 0.6) is 5.75 Å². The van der Waals surface area contributed by atoms with Gasteiger partial charge in [0.25, 0.3) is 0 Å². The van der Waals surface area contributed by atoms with E-state index in [0.29, 0.717) is 5.95 Å². The predicted octanol–water partition coefficient (Wildman–Crippen LogP) is 2.10. The van der Waals surface area contributed by atoms with Crippen LogP contribution in [0.1, 0.15) is 35.8 Å². The highest BCUT2D eigenvalue weighted by molar-refractivity contribution is 5.40. The number of fused-ring (bicyclic) bond motifs is 1. The normalized spacial score (nSPS) is 18.1. The zero-order chi connectivity index (χ0) is 13.4. The Bertz CT molecular complexity index is 605. The zero-order valence-corrected chi connectivity index (χ0v) is 11.3. The first-order valence-electron chi connectivity index (χ1n) is 6.54. The summed E-state index contributed by atoms with van der Waals surface area (Å²) in [7, 11) is 1.70. The molecule has 1 unspecified atom stereocenters. The lowest BCUT2D eigenvalue weighted by Crippen LogP contribution is -2.21. The molecule has 100 valence electrons. The molecule has 19 heavy (non-hydrogen) atoms. The molecule has 3 rings (SSSR count). The molecule has 5 nitrogen and oxygen atoms in total. The molecule has 0 saturated heterocycles. The van der Waals surface area contributed by atoms with E-state index in [1.54, 1.807) is 7.11 Å². The molecule has 1 atom stereocenters. The van der Waals surface area contributed by atoms with Crippen LogP contribution in [0.2, 0.25) is 0 Å².